The number of hydrogen-bond donors (Lipinski definition) is 2. The van der Waals surface area contributed by atoms with Crippen molar-refractivity contribution in [3.05, 3.63) is 29.8 Å². The highest BCUT2D eigenvalue weighted by Gasteiger charge is 2.55. The van der Waals surface area contributed by atoms with Crippen LogP contribution in [0.25, 0.3) is 0 Å². The normalized spacial score (nSPS) is 24.6. The monoisotopic (exact) mass is 395 g/mol. The summed E-state index contributed by atoms with van der Waals surface area (Å²) in [6.45, 7) is -1.53. The minimum atomic E-state index is -2.98. The molecule has 1 aromatic rings. The third-order valence-electron chi connectivity index (χ3n) is 5.47. The molecule has 1 saturated heterocycles. The zero-order chi connectivity index (χ0) is 20.3. The van der Waals surface area contributed by atoms with Crippen LogP contribution in [0.4, 0.5) is 13.6 Å². The molecule has 2 aliphatic rings. The van der Waals surface area contributed by atoms with Crippen molar-refractivity contribution in [3.8, 4) is 5.75 Å². The standard InChI is InChI=1S/C19H23F2N3O4/c1-12-6-4-5-9-19(12)16(26)24(18(27)23-19)11-15(25)22-10-13-7-2-3-8-14(13)28-17(20)21/h2-3,7-8,12,17H,4-6,9-11H2,1H3,(H,22,25)(H,23,27). The molecule has 2 fully saturated rings. The molecule has 1 heterocycles. The Labute approximate surface area is 161 Å². The first kappa shape index (κ1) is 20.0. The van der Waals surface area contributed by atoms with Gasteiger partial charge >= 0.3 is 12.6 Å². The van der Waals surface area contributed by atoms with Gasteiger partial charge in [0, 0.05) is 12.1 Å². The summed E-state index contributed by atoms with van der Waals surface area (Å²) in [5, 5.41) is 5.33. The van der Waals surface area contributed by atoms with Crippen molar-refractivity contribution < 1.29 is 27.9 Å². The van der Waals surface area contributed by atoms with E-state index in [1.165, 1.54) is 6.07 Å². The molecule has 3 rings (SSSR count). The van der Waals surface area contributed by atoms with Gasteiger partial charge in [0.2, 0.25) is 5.91 Å². The van der Waals surface area contributed by atoms with Crippen molar-refractivity contribution in [2.45, 2.75) is 51.3 Å². The summed E-state index contributed by atoms with van der Waals surface area (Å²) < 4.78 is 29.3. The number of amides is 4. The summed E-state index contributed by atoms with van der Waals surface area (Å²) in [5.74, 6) is -0.968. The molecule has 7 nitrogen and oxygen atoms in total. The van der Waals surface area contributed by atoms with E-state index in [0.717, 1.165) is 24.2 Å². The van der Waals surface area contributed by atoms with Gasteiger partial charge in [0.25, 0.3) is 5.91 Å². The lowest BCUT2D eigenvalue weighted by atomic mass is 9.73. The van der Waals surface area contributed by atoms with E-state index in [2.05, 4.69) is 15.4 Å². The Morgan fingerprint density at radius 2 is 2.11 bits per heavy atom. The Balaban J connectivity index is 1.61. The number of urea groups is 1. The van der Waals surface area contributed by atoms with E-state index in [1.54, 1.807) is 18.2 Å². The summed E-state index contributed by atoms with van der Waals surface area (Å²) in [7, 11) is 0. The Bertz CT molecular complexity index is 773. The molecule has 28 heavy (non-hydrogen) atoms. The van der Waals surface area contributed by atoms with Gasteiger partial charge in [-0.3, -0.25) is 14.5 Å². The van der Waals surface area contributed by atoms with Crippen LogP contribution in [0.2, 0.25) is 0 Å². The average molecular weight is 395 g/mol. The molecule has 0 radical (unpaired) electrons. The van der Waals surface area contributed by atoms with Gasteiger partial charge in [-0.15, -0.1) is 0 Å². The number of imide groups is 1. The zero-order valence-electron chi connectivity index (χ0n) is 15.5. The third kappa shape index (κ3) is 3.93. The smallest absolute Gasteiger partial charge is 0.387 e. The minimum absolute atomic E-state index is 0.00383. The quantitative estimate of drug-likeness (QED) is 0.724. The van der Waals surface area contributed by atoms with Gasteiger partial charge in [-0.05, 0) is 24.8 Å². The van der Waals surface area contributed by atoms with E-state index in [-0.39, 0.29) is 24.1 Å². The van der Waals surface area contributed by atoms with E-state index >= 15 is 0 Å². The highest BCUT2D eigenvalue weighted by Crippen LogP contribution is 2.38. The number of para-hydroxylation sites is 1. The molecule has 1 saturated carbocycles. The second kappa shape index (κ2) is 8.12. The van der Waals surface area contributed by atoms with Crippen molar-refractivity contribution in [1.82, 2.24) is 15.5 Å². The van der Waals surface area contributed by atoms with Crippen molar-refractivity contribution in [1.29, 1.82) is 0 Å². The van der Waals surface area contributed by atoms with E-state index in [9.17, 15) is 23.2 Å². The molecule has 1 aliphatic carbocycles. The summed E-state index contributed by atoms with van der Waals surface area (Å²) in [4.78, 5) is 38.4. The molecular formula is C19H23F2N3O4. The molecule has 0 aromatic heterocycles. The second-order valence-electron chi connectivity index (χ2n) is 7.20. The summed E-state index contributed by atoms with van der Waals surface area (Å²) in [6.07, 6.45) is 3.26. The topological polar surface area (TPSA) is 87.7 Å². The average Bonchev–Trinajstić information content (AvgIpc) is 2.88. The second-order valence-corrected chi connectivity index (χ2v) is 7.20. The number of hydrogen-bond acceptors (Lipinski definition) is 4. The van der Waals surface area contributed by atoms with Crippen LogP contribution in [-0.4, -0.2) is 41.4 Å². The maximum absolute atomic E-state index is 12.8. The van der Waals surface area contributed by atoms with Gasteiger partial charge in [-0.2, -0.15) is 8.78 Å². The predicted molar refractivity (Wildman–Crippen MR) is 95.5 cm³/mol. The van der Waals surface area contributed by atoms with Gasteiger partial charge in [0.1, 0.15) is 17.8 Å². The molecule has 1 aromatic carbocycles. The maximum atomic E-state index is 12.8. The van der Waals surface area contributed by atoms with Crippen LogP contribution >= 0.6 is 0 Å². The first-order valence-electron chi connectivity index (χ1n) is 9.27. The number of nitrogens with zero attached hydrogens (tertiary/aromatic N) is 1. The minimum Gasteiger partial charge on any atom is -0.434 e. The number of nitrogens with one attached hydrogen (secondary N) is 2. The van der Waals surface area contributed by atoms with E-state index < -0.39 is 30.6 Å². The van der Waals surface area contributed by atoms with E-state index in [4.69, 9.17) is 0 Å². The SMILES string of the molecule is CC1CCCCC12NC(=O)N(CC(=O)NCc1ccccc1OC(F)F)C2=O. The lowest BCUT2D eigenvalue weighted by Crippen LogP contribution is -2.54. The lowest BCUT2D eigenvalue weighted by Gasteiger charge is -2.36. The Morgan fingerprint density at radius 1 is 1.36 bits per heavy atom. The van der Waals surface area contributed by atoms with E-state index in [1.807, 2.05) is 6.92 Å². The molecule has 0 bridgehead atoms. The highest BCUT2D eigenvalue weighted by atomic mass is 19.3. The fourth-order valence-corrected chi connectivity index (χ4v) is 3.89. The fourth-order valence-electron chi connectivity index (χ4n) is 3.89. The molecule has 2 N–H and O–H groups in total. The van der Waals surface area contributed by atoms with Crippen molar-refractivity contribution in [2.24, 2.45) is 5.92 Å². The van der Waals surface area contributed by atoms with Crippen LogP contribution in [0.1, 0.15) is 38.2 Å². The largest absolute Gasteiger partial charge is 0.434 e. The molecule has 152 valence electrons. The first-order chi connectivity index (χ1) is 13.3. The number of rotatable bonds is 6. The maximum Gasteiger partial charge on any atom is 0.387 e. The number of carbonyl (C=O) groups excluding carboxylic acids is 3. The van der Waals surface area contributed by atoms with Gasteiger partial charge in [0.05, 0.1) is 0 Å². The molecule has 4 amide bonds. The third-order valence-corrected chi connectivity index (χ3v) is 5.47. The molecule has 1 aliphatic heterocycles. The number of ether oxygens (including phenoxy) is 1. The van der Waals surface area contributed by atoms with Crippen LogP contribution < -0.4 is 15.4 Å². The summed E-state index contributed by atoms with van der Waals surface area (Å²) in [6, 6.07) is 5.52. The fraction of sp³-hybridized carbons (Fsp3) is 0.526. The van der Waals surface area contributed by atoms with Crippen LogP contribution in [0.3, 0.4) is 0 Å². The van der Waals surface area contributed by atoms with Gasteiger partial charge in [-0.1, -0.05) is 38.0 Å². The molecule has 9 heteroatoms. The highest BCUT2D eigenvalue weighted by molar-refractivity contribution is 6.09. The predicted octanol–water partition coefficient (Wildman–Crippen LogP) is 2.40. The van der Waals surface area contributed by atoms with Crippen molar-refractivity contribution in [3.63, 3.8) is 0 Å². The zero-order valence-corrected chi connectivity index (χ0v) is 15.5. The van der Waals surface area contributed by atoms with Crippen molar-refractivity contribution in [2.75, 3.05) is 6.54 Å². The Kier molecular flexibility index (Phi) is 5.81. The molecule has 1 spiro atoms. The van der Waals surface area contributed by atoms with Crippen LogP contribution in [-0.2, 0) is 16.1 Å². The number of benzene rings is 1. The molecular weight excluding hydrogens is 372 g/mol. The van der Waals surface area contributed by atoms with Crippen LogP contribution in [0.15, 0.2) is 24.3 Å². The van der Waals surface area contributed by atoms with Gasteiger partial charge in [-0.25, -0.2) is 4.79 Å². The molecule has 2 atom stereocenters. The van der Waals surface area contributed by atoms with Crippen molar-refractivity contribution >= 4 is 17.8 Å². The first-order valence-corrected chi connectivity index (χ1v) is 9.27. The lowest BCUT2D eigenvalue weighted by molar-refractivity contribution is -0.137. The van der Waals surface area contributed by atoms with Crippen LogP contribution in [0.5, 0.6) is 5.75 Å². The summed E-state index contributed by atoms with van der Waals surface area (Å²) >= 11 is 0. The molecule has 2 unspecified atom stereocenters. The van der Waals surface area contributed by atoms with Crippen LogP contribution in [0, 0.1) is 5.92 Å². The Morgan fingerprint density at radius 3 is 2.82 bits per heavy atom. The summed E-state index contributed by atoms with van der Waals surface area (Å²) in [5.41, 5.74) is -0.557. The number of halogens is 2. The number of carbonyl (C=O) groups is 3. The van der Waals surface area contributed by atoms with E-state index in [0.29, 0.717) is 12.0 Å². The van der Waals surface area contributed by atoms with Gasteiger partial charge < -0.3 is 15.4 Å². The Hall–Kier alpha value is -2.71. The van der Waals surface area contributed by atoms with Gasteiger partial charge in [0.15, 0.2) is 0 Å². The number of alkyl halides is 2.